The van der Waals surface area contributed by atoms with Gasteiger partial charge in [0, 0.05) is 17.6 Å². The van der Waals surface area contributed by atoms with Crippen molar-refractivity contribution in [2.75, 3.05) is 5.73 Å². The van der Waals surface area contributed by atoms with Crippen molar-refractivity contribution in [3.63, 3.8) is 0 Å². The van der Waals surface area contributed by atoms with Crippen molar-refractivity contribution in [1.29, 1.82) is 5.26 Å². The molecule has 11 heteroatoms. The van der Waals surface area contributed by atoms with Gasteiger partial charge in [-0.25, -0.2) is 27.6 Å². The number of aromatic nitrogens is 4. The third-order valence-corrected chi connectivity index (χ3v) is 9.57. The lowest BCUT2D eigenvalue weighted by atomic mass is 9.87. The molecular weight excluding hydrogens is 428 g/mol. The molecule has 3 aromatic rings. The van der Waals surface area contributed by atoms with Crippen molar-refractivity contribution in [3.8, 4) is 17.3 Å². The van der Waals surface area contributed by atoms with E-state index in [0.29, 0.717) is 16.9 Å². The molecule has 10 nitrogen and oxygen atoms in total. The zero-order valence-corrected chi connectivity index (χ0v) is 18.0. The van der Waals surface area contributed by atoms with Crippen molar-refractivity contribution in [2.24, 2.45) is 17.3 Å². The van der Waals surface area contributed by atoms with Crippen LogP contribution in [0.4, 0.5) is 5.82 Å². The fourth-order valence-electron chi connectivity index (χ4n) is 6.35. The number of nitrogens with one attached hydrogen (secondary N) is 2. The zero-order valence-electron chi connectivity index (χ0n) is 17.1. The number of hydrogen-bond acceptors (Lipinski definition) is 8. The van der Waals surface area contributed by atoms with Crippen molar-refractivity contribution >= 4 is 21.5 Å². The maximum Gasteiger partial charge on any atom is 0.241 e. The van der Waals surface area contributed by atoms with E-state index in [9.17, 15) is 13.7 Å². The molecule has 2 aromatic heterocycles. The molecule has 4 fully saturated rings. The predicted molar refractivity (Wildman–Crippen MR) is 113 cm³/mol. The van der Waals surface area contributed by atoms with Crippen LogP contribution in [0.5, 0.6) is 0 Å². The van der Waals surface area contributed by atoms with Crippen LogP contribution in [0.25, 0.3) is 16.9 Å². The van der Waals surface area contributed by atoms with E-state index in [-0.39, 0.29) is 40.0 Å². The summed E-state index contributed by atoms with van der Waals surface area (Å²) in [5.41, 5.74) is 7.81. The topological polar surface area (TPSA) is 151 Å². The zero-order chi connectivity index (χ0) is 22.0. The molecule has 2 saturated carbocycles. The number of anilines is 1. The van der Waals surface area contributed by atoms with Crippen LogP contribution < -0.4 is 15.8 Å². The first-order valence-corrected chi connectivity index (χ1v) is 12.1. The second-order valence-electron chi connectivity index (χ2n) is 9.54. The van der Waals surface area contributed by atoms with Crippen LogP contribution >= 0.6 is 0 Å². The number of sulfonamides is 1. The first-order valence-electron chi connectivity index (χ1n) is 10.6. The maximum absolute atomic E-state index is 13.4. The van der Waals surface area contributed by atoms with Crippen LogP contribution in [0.1, 0.15) is 18.4 Å². The molecule has 0 radical (unpaired) electrons. The molecule has 1 aromatic carbocycles. The molecular formula is C21H20N8O2S. The van der Waals surface area contributed by atoms with Crippen molar-refractivity contribution in [1.82, 2.24) is 29.6 Å². The number of nitrogens with two attached hydrogens (primary N) is 1. The average molecular weight is 449 g/mol. The Morgan fingerprint density at radius 1 is 1.28 bits per heavy atom. The van der Waals surface area contributed by atoms with Gasteiger partial charge in [0.1, 0.15) is 6.33 Å². The third-order valence-electron chi connectivity index (χ3n) is 8.05. The lowest BCUT2D eigenvalue weighted by molar-refractivity contribution is 0.395. The Kier molecular flexibility index (Phi) is 3.15. The van der Waals surface area contributed by atoms with E-state index < -0.39 is 15.6 Å². The minimum Gasteiger partial charge on any atom is -0.381 e. The number of nitriles is 1. The second-order valence-corrected chi connectivity index (χ2v) is 11.2. The Hall–Kier alpha value is -3.07. The molecule has 6 atom stereocenters. The first-order chi connectivity index (χ1) is 15.3. The van der Waals surface area contributed by atoms with E-state index in [0.717, 1.165) is 18.4 Å². The van der Waals surface area contributed by atoms with Gasteiger partial charge in [-0.15, -0.1) is 0 Å². The Balaban J connectivity index is 1.25. The van der Waals surface area contributed by atoms with Gasteiger partial charge in [0.05, 0.1) is 33.8 Å². The predicted octanol–water partition coefficient (Wildman–Crippen LogP) is 0.603. The number of nitrogens with zero attached hydrogens (tertiary/aromatic N) is 5. The summed E-state index contributed by atoms with van der Waals surface area (Å²) in [6.07, 6.45) is 4.63. The SMILES string of the molecule is Cc1ccc(S(=O)(=O)NC23CC2C2NC3C3CC32C#N)cc1-c1cnc2c(N)ncnn12. The fourth-order valence-corrected chi connectivity index (χ4v) is 7.85. The molecule has 4 N–H and O–H groups in total. The quantitative estimate of drug-likeness (QED) is 0.525. The molecule has 6 unspecified atom stereocenters. The van der Waals surface area contributed by atoms with Crippen LogP contribution in [-0.2, 0) is 10.0 Å². The molecule has 0 amide bonds. The van der Waals surface area contributed by atoms with Gasteiger partial charge in [-0.3, -0.25) is 0 Å². The van der Waals surface area contributed by atoms with Gasteiger partial charge in [-0.2, -0.15) is 10.4 Å². The molecule has 2 saturated heterocycles. The van der Waals surface area contributed by atoms with E-state index in [1.165, 1.54) is 6.33 Å². The van der Waals surface area contributed by atoms with Gasteiger partial charge in [-0.1, -0.05) is 6.07 Å². The lowest BCUT2D eigenvalue weighted by Crippen LogP contribution is -2.49. The number of fused-ring (bicyclic) bond motifs is 9. The highest BCUT2D eigenvalue weighted by Crippen LogP contribution is 2.76. The molecule has 4 heterocycles. The van der Waals surface area contributed by atoms with Gasteiger partial charge < -0.3 is 11.1 Å². The van der Waals surface area contributed by atoms with Gasteiger partial charge in [0.15, 0.2) is 11.5 Å². The average Bonchev–Trinajstić information content (AvgIpc) is 3.55. The fraction of sp³-hybridized carbons (Fsp3) is 0.429. The van der Waals surface area contributed by atoms with Gasteiger partial charge in [-0.05, 0) is 49.3 Å². The highest BCUT2D eigenvalue weighted by molar-refractivity contribution is 7.89. The summed E-state index contributed by atoms with van der Waals surface area (Å²) >= 11 is 0. The van der Waals surface area contributed by atoms with E-state index in [1.807, 2.05) is 6.92 Å². The Morgan fingerprint density at radius 2 is 2.12 bits per heavy atom. The second kappa shape index (κ2) is 5.46. The smallest absolute Gasteiger partial charge is 0.241 e. The number of rotatable bonds is 4. The molecule has 2 aliphatic heterocycles. The van der Waals surface area contributed by atoms with Crippen LogP contribution in [0.3, 0.4) is 0 Å². The monoisotopic (exact) mass is 448 g/mol. The van der Waals surface area contributed by atoms with Gasteiger partial charge in [0.25, 0.3) is 0 Å². The van der Waals surface area contributed by atoms with E-state index >= 15 is 0 Å². The summed E-state index contributed by atoms with van der Waals surface area (Å²) < 4.78 is 31.5. The molecule has 0 spiro atoms. The van der Waals surface area contributed by atoms with Crippen molar-refractivity contribution in [3.05, 3.63) is 36.3 Å². The van der Waals surface area contributed by atoms with Gasteiger partial charge >= 0.3 is 0 Å². The normalized spacial score (nSPS) is 36.0. The molecule has 2 aliphatic carbocycles. The van der Waals surface area contributed by atoms with E-state index in [2.05, 4.69) is 31.2 Å². The summed E-state index contributed by atoms with van der Waals surface area (Å²) in [6, 6.07) is 7.70. The largest absolute Gasteiger partial charge is 0.381 e. The van der Waals surface area contributed by atoms with Crippen LogP contribution in [0, 0.1) is 35.5 Å². The van der Waals surface area contributed by atoms with Crippen LogP contribution in [0.15, 0.2) is 35.6 Å². The maximum atomic E-state index is 13.4. The Morgan fingerprint density at radius 3 is 2.94 bits per heavy atom. The molecule has 2 bridgehead atoms. The highest BCUT2D eigenvalue weighted by Gasteiger charge is 2.86. The highest BCUT2D eigenvalue weighted by atomic mass is 32.2. The first kappa shape index (κ1) is 18.5. The van der Waals surface area contributed by atoms with Crippen molar-refractivity contribution in [2.45, 2.75) is 42.3 Å². The number of benzene rings is 1. The summed E-state index contributed by atoms with van der Waals surface area (Å²) in [4.78, 5) is 8.44. The summed E-state index contributed by atoms with van der Waals surface area (Å²) in [5.74, 6) is 0.686. The van der Waals surface area contributed by atoms with Crippen LogP contribution in [0.2, 0.25) is 0 Å². The minimum atomic E-state index is -3.77. The van der Waals surface area contributed by atoms with Gasteiger partial charge in [0.2, 0.25) is 10.0 Å². The van der Waals surface area contributed by atoms with Crippen molar-refractivity contribution < 1.29 is 8.42 Å². The molecule has 32 heavy (non-hydrogen) atoms. The Labute approximate surface area is 183 Å². The lowest BCUT2D eigenvalue weighted by Gasteiger charge is -2.24. The molecule has 4 aliphatic rings. The van der Waals surface area contributed by atoms with E-state index in [4.69, 9.17) is 5.73 Å². The Bertz CT molecular complexity index is 1490. The number of hydrogen-bond donors (Lipinski definition) is 3. The number of piperidine rings is 2. The number of nitrogen functional groups attached to an aromatic ring is 1. The third kappa shape index (κ3) is 2.05. The molecule has 7 rings (SSSR count). The number of aryl methyl sites for hydroxylation is 1. The summed E-state index contributed by atoms with van der Waals surface area (Å²) in [6.45, 7) is 1.91. The molecule has 162 valence electrons. The summed E-state index contributed by atoms with van der Waals surface area (Å²) in [7, 11) is -3.77. The standard InChI is InChI=1S/C21H20N8O2S/c1-10-2-3-11(4-12(10)15-7-24-19-18(23)25-9-26-29(15)19)32(30,31)28-21-6-14(21)16-20(8-22)5-13(20)17(21)27-16/h2-4,7,9,13-14,16-17,27-28H,5-6H2,1H3,(H2,23,25,26). The minimum absolute atomic E-state index is 0.0373. The summed E-state index contributed by atoms with van der Waals surface area (Å²) in [5, 5.41) is 17.4. The number of imidazole rings is 1. The van der Waals surface area contributed by atoms with Crippen LogP contribution in [-0.4, -0.2) is 45.6 Å². The van der Waals surface area contributed by atoms with E-state index in [1.54, 1.807) is 28.9 Å².